The lowest BCUT2D eigenvalue weighted by atomic mass is 10.1. The van der Waals surface area contributed by atoms with E-state index in [2.05, 4.69) is 0 Å². The average Bonchev–Trinajstić information content (AvgIpc) is 2.79. The van der Waals surface area contributed by atoms with E-state index in [1.54, 1.807) is 0 Å². The number of carbonyl (C=O) groups excluding carboxylic acids is 1. The third-order valence-corrected chi connectivity index (χ3v) is 4.74. The van der Waals surface area contributed by atoms with Gasteiger partial charge in [-0.2, -0.15) is 11.8 Å². The fourth-order valence-electron chi connectivity index (χ4n) is 2.19. The summed E-state index contributed by atoms with van der Waals surface area (Å²) in [4.78, 5) is 11.8. The minimum atomic E-state index is 0.309. The maximum absolute atomic E-state index is 11.8. The fraction of sp³-hybridized carbons (Fsp3) is 0.500. The first-order valence-corrected chi connectivity index (χ1v) is 7.54. The molecule has 0 amide bonds. The number of benzene rings is 1. The van der Waals surface area contributed by atoms with Gasteiger partial charge in [0, 0.05) is 16.7 Å². The molecule has 0 heterocycles. The summed E-state index contributed by atoms with van der Waals surface area (Å²) in [6.07, 6.45) is 5.75. The second-order valence-electron chi connectivity index (χ2n) is 4.56. The number of Topliss-reactive ketones (excluding diaryl/α,β-unsaturated/α-hetero) is 1. The molecule has 0 radical (unpaired) electrons. The van der Waals surface area contributed by atoms with E-state index < -0.39 is 0 Å². The zero-order valence-corrected chi connectivity index (χ0v) is 11.4. The Morgan fingerprint density at radius 2 is 2.12 bits per heavy atom. The molecule has 1 aromatic rings. The average molecular weight is 269 g/mol. The van der Waals surface area contributed by atoms with Crippen LogP contribution in [0.4, 0.5) is 0 Å². The van der Waals surface area contributed by atoms with Gasteiger partial charge in [-0.05, 0) is 30.5 Å². The van der Waals surface area contributed by atoms with Crippen LogP contribution in [0.15, 0.2) is 24.3 Å². The molecule has 1 saturated carbocycles. The molecule has 1 aliphatic rings. The Kier molecular flexibility index (Phi) is 4.93. The highest BCUT2D eigenvalue weighted by Crippen LogP contribution is 2.29. The van der Waals surface area contributed by atoms with Crippen molar-refractivity contribution in [2.24, 2.45) is 0 Å². The monoisotopic (exact) mass is 268 g/mol. The van der Waals surface area contributed by atoms with E-state index in [-0.39, 0.29) is 0 Å². The predicted molar refractivity (Wildman–Crippen MR) is 74.9 cm³/mol. The topological polar surface area (TPSA) is 17.1 Å². The molecule has 1 aliphatic carbocycles. The van der Waals surface area contributed by atoms with Gasteiger partial charge in [-0.15, -0.1) is 0 Å². The summed E-state index contributed by atoms with van der Waals surface area (Å²) in [5, 5.41) is 1.43. The third-order valence-electron chi connectivity index (χ3n) is 3.07. The molecule has 92 valence electrons. The van der Waals surface area contributed by atoms with E-state index >= 15 is 0 Å². The van der Waals surface area contributed by atoms with Crippen LogP contribution in [-0.2, 0) is 11.2 Å². The van der Waals surface area contributed by atoms with E-state index in [0.29, 0.717) is 23.0 Å². The Bertz CT molecular complexity index is 386. The number of rotatable bonds is 5. The SMILES string of the molecule is O=C(CSC1CCCC1)Cc1cccc(Cl)c1. The van der Waals surface area contributed by atoms with Crippen molar-refractivity contribution < 1.29 is 4.79 Å². The third kappa shape index (κ3) is 4.36. The molecule has 0 bridgehead atoms. The Morgan fingerprint density at radius 3 is 2.82 bits per heavy atom. The van der Waals surface area contributed by atoms with Crippen LogP contribution in [0, 0.1) is 0 Å². The highest BCUT2D eigenvalue weighted by atomic mass is 35.5. The standard InChI is InChI=1S/C14H17ClOS/c15-12-5-3-4-11(8-12)9-13(16)10-17-14-6-1-2-7-14/h3-5,8,14H,1-2,6-7,9-10H2. The maximum atomic E-state index is 11.8. The van der Waals surface area contributed by atoms with Crippen LogP contribution in [-0.4, -0.2) is 16.8 Å². The molecule has 0 aliphatic heterocycles. The Balaban J connectivity index is 1.76. The number of thioether (sulfide) groups is 1. The predicted octanol–water partition coefficient (Wildman–Crippen LogP) is 4.13. The molecule has 0 aromatic heterocycles. The van der Waals surface area contributed by atoms with Crippen molar-refractivity contribution in [3.63, 3.8) is 0 Å². The first kappa shape index (κ1) is 13.0. The largest absolute Gasteiger partial charge is 0.298 e. The van der Waals surface area contributed by atoms with Gasteiger partial charge in [0.05, 0.1) is 5.75 Å². The lowest BCUT2D eigenvalue weighted by molar-refractivity contribution is -0.116. The van der Waals surface area contributed by atoms with Gasteiger partial charge in [0.15, 0.2) is 0 Å². The van der Waals surface area contributed by atoms with E-state index in [1.807, 2.05) is 36.0 Å². The second-order valence-corrected chi connectivity index (χ2v) is 6.29. The summed E-state index contributed by atoms with van der Waals surface area (Å²) in [5.74, 6) is 0.959. The minimum absolute atomic E-state index is 0.309. The van der Waals surface area contributed by atoms with Crippen LogP contribution in [0.2, 0.25) is 5.02 Å². The molecule has 17 heavy (non-hydrogen) atoms. The van der Waals surface area contributed by atoms with Crippen molar-refractivity contribution in [3.05, 3.63) is 34.9 Å². The van der Waals surface area contributed by atoms with Crippen LogP contribution in [0.25, 0.3) is 0 Å². The molecule has 2 rings (SSSR count). The summed E-state index contributed by atoms with van der Waals surface area (Å²) < 4.78 is 0. The number of hydrogen-bond acceptors (Lipinski definition) is 2. The van der Waals surface area contributed by atoms with Gasteiger partial charge in [0.25, 0.3) is 0 Å². The number of carbonyl (C=O) groups is 1. The summed E-state index contributed by atoms with van der Waals surface area (Å²) in [5.41, 5.74) is 1.02. The van der Waals surface area contributed by atoms with Crippen LogP contribution in [0.5, 0.6) is 0 Å². The molecule has 1 aromatic carbocycles. The highest BCUT2D eigenvalue weighted by molar-refractivity contribution is 8.00. The molecule has 3 heteroatoms. The van der Waals surface area contributed by atoms with Gasteiger partial charge in [-0.1, -0.05) is 36.6 Å². The fourth-order valence-corrected chi connectivity index (χ4v) is 3.59. The van der Waals surface area contributed by atoms with E-state index in [0.717, 1.165) is 10.8 Å². The molecule has 0 unspecified atom stereocenters. The maximum Gasteiger partial charge on any atom is 0.147 e. The molecule has 0 N–H and O–H groups in total. The Hall–Kier alpha value is -0.470. The van der Waals surface area contributed by atoms with E-state index in [9.17, 15) is 4.79 Å². The quantitative estimate of drug-likeness (QED) is 0.799. The van der Waals surface area contributed by atoms with Crippen LogP contribution >= 0.6 is 23.4 Å². The molecule has 1 fully saturated rings. The number of hydrogen-bond donors (Lipinski definition) is 0. The normalized spacial score (nSPS) is 16.3. The molecule has 0 atom stereocenters. The first-order chi connectivity index (χ1) is 8.24. The van der Waals surface area contributed by atoms with E-state index in [1.165, 1.54) is 25.7 Å². The second kappa shape index (κ2) is 6.46. The summed E-state index contributed by atoms with van der Waals surface area (Å²) in [7, 11) is 0. The Labute approximate surface area is 112 Å². The minimum Gasteiger partial charge on any atom is -0.298 e. The van der Waals surface area contributed by atoms with Gasteiger partial charge in [-0.25, -0.2) is 0 Å². The first-order valence-electron chi connectivity index (χ1n) is 6.12. The number of ketones is 1. The van der Waals surface area contributed by atoms with Crippen LogP contribution in [0.1, 0.15) is 31.2 Å². The van der Waals surface area contributed by atoms with Gasteiger partial charge in [0.1, 0.15) is 5.78 Å². The van der Waals surface area contributed by atoms with Gasteiger partial charge in [-0.3, -0.25) is 4.79 Å². The molecular weight excluding hydrogens is 252 g/mol. The lowest BCUT2D eigenvalue weighted by Crippen LogP contribution is -2.08. The lowest BCUT2D eigenvalue weighted by Gasteiger charge is -2.07. The van der Waals surface area contributed by atoms with Crippen molar-refractivity contribution in [2.75, 3.05) is 5.75 Å². The summed E-state index contributed by atoms with van der Waals surface area (Å²) in [6, 6.07) is 7.57. The summed E-state index contributed by atoms with van der Waals surface area (Å²) >= 11 is 7.73. The molecule has 0 saturated heterocycles. The zero-order chi connectivity index (χ0) is 12.1. The number of halogens is 1. The van der Waals surface area contributed by atoms with Crippen LogP contribution in [0.3, 0.4) is 0 Å². The van der Waals surface area contributed by atoms with Gasteiger partial charge in [0.2, 0.25) is 0 Å². The molecule has 1 nitrogen and oxygen atoms in total. The van der Waals surface area contributed by atoms with Crippen molar-refractivity contribution in [3.8, 4) is 0 Å². The van der Waals surface area contributed by atoms with Crippen molar-refractivity contribution >= 4 is 29.1 Å². The Morgan fingerprint density at radius 1 is 1.35 bits per heavy atom. The van der Waals surface area contributed by atoms with Crippen molar-refractivity contribution in [1.82, 2.24) is 0 Å². The van der Waals surface area contributed by atoms with Gasteiger partial charge >= 0.3 is 0 Å². The van der Waals surface area contributed by atoms with Crippen molar-refractivity contribution in [2.45, 2.75) is 37.4 Å². The summed E-state index contributed by atoms with van der Waals surface area (Å²) in [6.45, 7) is 0. The molecule has 0 spiro atoms. The van der Waals surface area contributed by atoms with Crippen LogP contribution < -0.4 is 0 Å². The van der Waals surface area contributed by atoms with Crippen molar-refractivity contribution in [1.29, 1.82) is 0 Å². The zero-order valence-electron chi connectivity index (χ0n) is 9.82. The van der Waals surface area contributed by atoms with E-state index in [4.69, 9.17) is 11.6 Å². The van der Waals surface area contributed by atoms with Gasteiger partial charge < -0.3 is 0 Å². The smallest absolute Gasteiger partial charge is 0.147 e. The molecular formula is C14H17ClOS. The highest BCUT2D eigenvalue weighted by Gasteiger charge is 2.16.